The third-order valence-electron chi connectivity index (χ3n) is 3.41. The maximum atomic E-state index is 12.5. The summed E-state index contributed by atoms with van der Waals surface area (Å²) in [5.74, 6) is -0.844. The molecule has 3 heterocycles. The van der Waals surface area contributed by atoms with Gasteiger partial charge in [-0.1, -0.05) is 0 Å². The average molecular weight is 305 g/mol. The molecule has 8 nitrogen and oxygen atoms in total. The van der Waals surface area contributed by atoms with Crippen LogP contribution in [0.3, 0.4) is 0 Å². The van der Waals surface area contributed by atoms with E-state index in [9.17, 15) is 9.59 Å². The predicted molar refractivity (Wildman–Crippen MR) is 74.2 cm³/mol. The number of amides is 1. The van der Waals surface area contributed by atoms with Crippen LogP contribution in [-0.2, 0) is 9.53 Å². The number of aromatic nitrogens is 2. The second kappa shape index (κ2) is 5.64. The molecule has 1 fully saturated rings. The van der Waals surface area contributed by atoms with Gasteiger partial charge in [-0.25, -0.2) is 4.79 Å². The molecule has 2 atom stereocenters. The lowest BCUT2D eigenvalue weighted by Gasteiger charge is -2.34. The van der Waals surface area contributed by atoms with Crippen LogP contribution in [0.25, 0.3) is 11.5 Å². The Bertz CT molecular complexity index is 678. The van der Waals surface area contributed by atoms with Gasteiger partial charge in [0.15, 0.2) is 17.6 Å². The first-order chi connectivity index (χ1) is 10.5. The van der Waals surface area contributed by atoms with Crippen molar-refractivity contribution in [2.24, 2.45) is 0 Å². The minimum Gasteiger partial charge on any atom is -0.479 e. The van der Waals surface area contributed by atoms with Gasteiger partial charge in [0.25, 0.3) is 5.91 Å². The number of nitrogens with zero attached hydrogens (tertiary/aromatic N) is 2. The van der Waals surface area contributed by atoms with Crippen molar-refractivity contribution in [3.63, 3.8) is 0 Å². The molecule has 1 aliphatic heterocycles. The Balaban J connectivity index is 1.77. The van der Waals surface area contributed by atoms with Crippen LogP contribution in [0.2, 0.25) is 0 Å². The molecule has 116 valence electrons. The Hall–Kier alpha value is -2.61. The Labute approximate surface area is 125 Å². The Morgan fingerprint density at radius 3 is 2.95 bits per heavy atom. The summed E-state index contributed by atoms with van der Waals surface area (Å²) in [6.45, 7) is 2.06. The number of morpholine rings is 1. The molecule has 2 aromatic rings. The fraction of sp³-hybridized carbons (Fsp3) is 0.357. The average Bonchev–Trinajstić information content (AvgIpc) is 3.16. The third-order valence-corrected chi connectivity index (χ3v) is 3.41. The lowest BCUT2D eigenvalue weighted by atomic mass is 10.2. The lowest BCUT2D eigenvalue weighted by molar-refractivity contribution is -0.160. The van der Waals surface area contributed by atoms with Gasteiger partial charge in [0.2, 0.25) is 0 Å². The van der Waals surface area contributed by atoms with E-state index < -0.39 is 12.1 Å². The van der Waals surface area contributed by atoms with Gasteiger partial charge in [0.1, 0.15) is 5.69 Å². The number of carboxylic acid groups (broad SMARTS) is 1. The molecule has 3 rings (SSSR count). The van der Waals surface area contributed by atoms with Gasteiger partial charge in [0, 0.05) is 12.6 Å². The molecule has 0 radical (unpaired) electrons. The quantitative estimate of drug-likeness (QED) is 0.875. The molecule has 22 heavy (non-hydrogen) atoms. The molecule has 0 aromatic carbocycles. The number of carbonyl (C=O) groups is 2. The van der Waals surface area contributed by atoms with Crippen molar-refractivity contribution in [3.8, 4) is 11.5 Å². The molecule has 1 amide bonds. The summed E-state index contributed by atoms with van der Waals surface area (Å²) in [4.78, 5) is 25.0. The molecule has 0 aliphatic carbocycles. The van der Waals surface area contributed by atoms with Gasteiger partial charge in [-0.2, -0.15) is 5.10 Å². The monoisotopic (exact) mass is 305 g/mol. The van der Waals surface area contributed by atoms with E-state index in [-0.39, 0.29) is 24.2 Å². The van der Waals surface area contributed by atoms with Crippen LogP contribution in [0.5, 0.6) is 0 Å². The molecule has 2 aromatic heterocycles. The van der Waals surface area contributed by atoms with E-state index in [0.29, 0.717) is 18.0 Å². The first kappa shape index (κ1) is 14.3. The van der Waals surface area contributed by atoms with Gasteiger partial charge in [-0.15, -0.1) is 0 Å². The Morgan fingerprint density at radius 1 is 1.45 bits per heavy atom. The van der Waals surface area contributed by atoms with Crippen LogP contribution in [0.4, 0.5) is 0 Å². The van der Waals surface area contributed by atoms with Crippen LogP contribution < -0.4 is 0 Å². The number of aromatic amines is 1. The highest BCUT2D eigenvalue weighted by molar-refractivity contribution is 5.93. The van der Waals surface area contributed by atoms with Crippen molar-refractivity contribution >= 4 is 11.9 Å². The number of nitrogens with one attached hydrogen (secondary N) is 1. The van der Waals surface area contributed by atoms with E-state index in [1.165, 1.54) is 11.2 Å². The van der Waals surface area contributed by atoms with Gasteiger partial charge in [-0.3, -0.25) is 9.89 Å². The summed E-state index contributed by atoms with van der Waals surface area (Å²) in [5, 5.41) is 15.8. The van der Waals surface area contributed by atoms with Gasteiger partial charge in [-0.05, 0) is 19.1 Å². The zero-order valence-electron chi connectivity index (χ0n) is 11.9. The Kier molecular flexibility index (Phi) is 3.68. The van der Waals surface area contributed by atoms with Crippen molar-refractivity contribution in [2.75, 3.05) is 13.1 Å². The topological polar surface area (TPSA) is 109 Å². The van der Waals surface area contributed by atoms with Crippen molar-refractivity contribution in [2.45, 2.75) is 19.1 Å². The fourth-order valence-electron chi connectivity index (χ4n) is 2.40. The summed E-state index contributed by atoms with van der Waals surface area (Å²) in [6.07, 6.45) is 0.164. The second-order valence-corrected chi connectivity index (χ2v) is 5.13. The summed E-state index contributed by atoms with van der Waals surface area (Å²) in [6, 6.07) is 5.06. The molecular formula is C14H15N3O5. The highest BCUT2D eigenvalue weighted by Gasteiger charge is 2.33. The zero-order valence-corrected chi connectivity index (χ0v) is 11.9. The van der Waals surface area contributed by atoms with Crippen molar-refractivity contribution in [1.82, 2.24) is 15.1 Å². The zero-order chi connectivity index (χ0) is 15.7. The van der Waals surface area contributed by atoms with Crippen molar-refractivity contribution in [3.05, 3.63) is 30.2 Å². The summed E-state index contributed by atoms with van der Waals surface area (Å²) in [7, 11) is 0. The highest BCUT2D eigenvalue weighted by atomic mass is 16.5. The van der Waals surface area contributed by atoms with Crippen LogP contribution >= 0.6 is 0 Å². The molecule has 1 unspecified atom stereocenters. The number of ether oxygens (including phenoxy) is 1. The van der Waals surface area contributed by atoms with E-state index in [2.05, 4.69) is 10.2 Å². The number of aliphatic carboxylic acids is 1. The van der Waals surface area contributed by atoms with E-state index in [1.807, 2.05) is 0 Å². The van der Waals surface area contributed by atoms with Crippen LogP contribution in [0, 0.1) is 0 Å². The van der Waals surface area contributed by atoms with Crippen molar-refractivity contribution in [1.29, 1.82) is 0 Å². The molecule has 0 saturated carbocycles. The number of rotatable bonds is 3. The van der Waals surface area contributed by atoms with E-state index in [0.717, 1.165) is 0 Å². The molecule has 0 spiro atoms. The summed E-state index contributed by atoms with van der Waals surface area (Å²) >= 11 is 0. The molecule has 1 saturated heterocycles. The van der Waals surface area contributed by atoms with Gasteiger partial charge >= 0.3 is 5.97 Å². The van der Waals surface area contributed by atoms with E-state index in [4.69, 9.17) is 14.3 Å². The van der Waals surface area contributed by atoms with Crippen LogP contribution in [-0.4, -0.2) is 57.4 Å². The largest absolute Gasteiger partial charge is 0.479 e. The number of H-pyrrole nitrogens is 1. The molecule has 2 N–H and O–H groups in total. The first-order valence-electron chi connectivity index (χ1n) is 6.81. The minimum atomic E-state index is -1.08. The maximum absolute atomic E-state index is 12.5. The number of furan rings is 1. The lowest BCUT2D eigenvalue weighted by Crippen LogP contribution is -2.51. The van der Waals surface area contributed by atoms with E-state index in [1.54, 1.807) is 25.1 Å². The molecular weight excluding hydrogens is 290 g/mol. The fourth-order valence-corrected chi connectivity index (χ4v) is 2.40. The molecule has 8 heteroatoms. The predicted octanol–water partition coefficient (Wildman–Crippen LogP) is 0.984. The molecule has 0 bridgehead atoms. The number of hydrogen-bond acceptors (Lipinski definition) is 5. The van der Waals surface area contributed by atoms with Crippen molar-refractivity contribution < 1.29 is 23.8 Å². The van der Waals surface area contributed by atoms with Crippen LogP contribution in [0.1, 0.15) is 17.4 Å². The van der Waals surface area contributed by atoms with Gasteiger partial charge < -0.3 is 19.2 Å². The van der Waals surface area contributed by atoms with Gasteiger partial charge in [0.05, 0.1) is 18.9 Å². The van der Waals surface area contributed by atoms with Crippen LogP contribution in [0.15, 0.2) is 28.9 Å². The summed E-state index contributed by atoms with van der Waals surface area (Å²) < 4.78 is 10.5. The third kappa shape index (κ3) is 2.73. The molecule has 1 aliphatic rings. The van der Waals surface area contributed by atoms with E-state index >= 15 is 0 Å². The smallest absolute Gasteiger partial charge is 0.334 e. The minimum absolute atomic E-state index is 0.00144. The second-order valence-electron chi connectivity index (χ2n) is 5.13. The normalized spacial score (nSPS) is 21.8. The standard InChI is InChI=1S/C14H15N3O5/c1-8-6-17(7-12(22-8)14(19)20)13(18)10-5-9(15-16-10)11-3-2-4-21-11/h2-5,8,12H,6-7H2,1H3,(H,15,16)(H,19,20)/t8-,12?/m1/s1. The highest BCUT2D eigenvalue weighted by Crippen LogP contribution is 2.20. The maximum Gasteiger partial charge on any atom is 0.334 e. The SMILES string of the molecule is C[C@@H]1CN(C(=O)c2cc(-c3ccco3)[nH]n2)CC(C(=O)O)O1. The number of carboxylic acids is 1. The first-order valence-corrected chi connectivity index (χ1v) is 6.81. The number of carbonyl (C=O) groups excluding carboxylic acids is 1. The summed E-state index contributed by atoms with van der Waals surface area (Å²) in [5.41, 5.74) is 0.800. The number of hydrogen-bond donors (Lipinski definition) is 2. The Morgan fingerprint density at radius 2 is 2.27 bits per heavy atom.